The molecule has 1 unspecified atom stereocenters. The van der Waals surface area contributed by atoms with Crippen LogP contribution in [0.5, 0.6) is 0 Å². The summed E-state index contributed by atoms with van der Waals surface area (Å²) < 4.78 is -1.64. The lowest BCUT2D eigenvalue weighted by atomic mass is 10.3. The molecule has 8 heavy (non-hydrogen) atoms. The second kappa shape index (κ2) is 2.94. The molecule has 0 radical (unpaired) electrons. The van der Waals surface area contributed by atoms with Gasteiger partial charge in [-0.05, 0) is 15.9 Å². The first-order valence-corrected chi connectivity index (χ1v) is 2.73. The average Bonchev–Trinajstić information content (AvgIpc) is 1.67. The minimum atomic E-state index is -1.64. The summed E-state index contributed by atoms with van der Waals surface area (Å²) in [5, 5.41) is 8.64. The van der Waals surface area contributed by atoms with Crippen LogP contribution in [0.2, 0.25) is 0 Å². The molecule has 0 aliphatic heterocycles. The number of halogens is 1. The van der Waals surface area contributed by atoms with Crippen molar-refractivity contribution in [1.82, 2.24) is 0 Å². The minimum absolute atomic E-state index is 0.212. The number of rotatable bonds is 3. The molecule has 0 aromatic rings. The Hall–Kier alpha value is -0.220. The van der Waals surface area contributed by atoms with Gasteiger partial charge in [0.2, 0.25) is 0 Å². The van der Waals surface area contributed by atoms with E-state index in [9.17, 15) is 9.59 Å². The van der Waals surface area contributed by atoms with E-state index in [1.807, 2.05) is 0 Å². The molecule has 0 heterocycles. The van der Waals surface area contributed by atoms with Gasteiger partial charge in [-0.15, -0.1) is 0 Å². The topological polar surface area (TPSA) is 54.4 Å². The standard InChI is InChI=1S/C4H5BrO3/c5-4(8,3-7)1-2-6/h2-3,8H,1H2. The molecule has 0 rings (SSSR count). The Bertz CT molecular complexity index is 99.5. The average molecular weight is 181 g/mol. The van der Waals surface area contributed by atoms with Crippen LogP contribution < -0.4 is 0 Å². The fourth-order valence-corrected chi connectivity index (χ4v) is 0.297. The van der Waals surface area contributed by atoms with Crippen LogP contribution in [0.15, 0.2) is 0 Å². The monoisotopic (exact) mass is 180 g/mol. The number of carbonyl (C=O) groups is 2. The second-order valence-corrected chi connectivity index (χ2v) is 2.68. The van der Waals surface area contributed by atoms with Crippen molar-refractivity contribution >= 4 is 28.5 Å². The van der Waals surface area contributed by atoms with E-state index in [1.54, 1.807) is 0 Å². The van der Waals surface area contributed by atoms with Gasteiger partial charge in [-0.1, -0.05) is 0 Å². The Kier molecular flexibility index (Phi) is 2.86. The molecular formula is C4H5BrO3. The Labute approximate surface area is 54.8 Å². The lowest BCUT2D eigenvalue weighted by Gasteiger charge is -2.06. The minimum Gasteiger partial charge on any atom is -0.372 e. The molecule has 0 saturated carbocycles. The summed E-state index contributed by atoms with van der Waals surface area (Å²) in [6, 6.07) is 0. The quantitative estimate of drug-likeness (QED) is 0.486. The molecule has 0 amide bonds. The highest BCUT2D eigenvalue weighted by Gasteiger charge is 2.19. The Morgan fingerprint density at radius 1 is 1.62 bits per heavy atom. The van der Waals surface area contributed by atoms with E-state index >= 15 is 0 Å². The Balaban J connectivity index is 3.70. The van der Waals surface area contributed by atoms with Crippen LogP contribution in [-0.2, 0) is 9.59 Å². The van der Waals surface area contributed by atoms with E-state index in [2.05, 4.69) is 15.9 Å². The molecule has 46 valence electrons. The van der Waals surface area contributed by atoms with Gasteiger partial charge in [-0.3, -0.25) is 4.79 Å². The van der Waals surface area contributed by atoms with Gasteiger partial charge in [0.15, 0.2) is 10.8 Å². The maximum atomic E-state index is 9.76. The zero-order valence-electron chi connectivity index (χ0n) is 4.00. The van der Waals surface area contributed by atoms with E-state index in [0.717, 1.165) is 0 Å². The Morgan fingerprint density at radius 2 is 2.12 bits per heavy atom. The number of hydrogen-bond donors (Lipinski definition) is 1. The van der Waals surface area contributed by atoms with Crippen LogP contribution >= 0.6 is 15.9 Å². The summed E-state index contributed by atoms with van der Waals surface area (Å²) in [5.41, 5.74) is 0. The van der Waals surface area contributed by atoms with Crippen molar-refractivity contribution < 1.29 is 14.7 Å². The van der Waals surface area contributed by atoms with Crippen molar-refractivity contribution in [3.8, 4) is 0 Å². The van der Waals surface area contributed by atoms with E-state index in [1.165, 1.54) is 0 Å². The molecule has 0 aromatic heterocycles. The summed E-state index contributed by atoms with van der Waals surface area (Å²) >= 11 is 2.60. The first-order valence-electron chi connectivity index (χ1n) is 1.93. The van der Waals surface area contributed by atoms with E-state index in [0.29, 0.717) is 6.29 Å². The smallest absolute Gasteiger partial charge is 0.181 e. The molecule has 1 N–H and O–H groups in total. The number of hydrogen-bond acceptors (Lipinski definition) is 3. The largest absolute Gasteiger partial charge is 0.372 e. The molecule has 0 bridgehead atoms. The third-order valence-electron chi connectivity index (χ3n) is 0.550. The number of alkyl halides is 1. The fraction of sp³-hybridized carbons (Fsp3) is 0.500. The van der Waals surface area contributed by atoms with Crippen LogP contribution in [0.1, 0.15) is 6.42 Å². The summed E-state index contributed by atoms with van der Waals surface area (Å²) in [6.45, 7) is 0. The highest BCUT2D eigenvalue weighted by molar-refractivity contribution is 9.10. The fourth-order valence-electron chi connectivity index (χ4n) is 0.165. The number of aliphatic hydroxyl groups is 1. The van der Waals surface area contributed by atoms with Crippen molar-refractivity contribution in [2.45, 2.75) is 10.9 Å². The van der Waals surface area contributed by atoms with Crippen LogP contribution in [0, 0.1) is 0 Å². The van der Waals surface area contributed by atoms with Crippen LogP contribution in [0.4, 0.5) is 0 Å². The van der Waals surface area contributed by atoms with Crippen molar-refractivity contribution in [2.75, 3.05) is 0 Å². The molecule has 0 aliphatic rings. The van der Waals surface area contributed by atoms with Crippen molar-refractivity contribution in [3.05, 3.63) is 0 Å². The van der Waals surface area contributed by atoms with Gasteiger partial charge < -0.3 is 9.90 Å². The summed E-state index contributed by atoms with van der Waals surface area (Å²) in [7, 11) is 0. The molecular weight excluding hydrogens is 176 g/mol. The van der Waals surface area contributed by atoms with Gasteiger partial charge in [0, 0.05) is 6.42 Å². The summed E-state index contributed by atoms with van der Waals surface area (Å²) in [5.74, 6) is 0. The normalized spacial score (nSPS) is 16.8. The molecule has 0 aromatic carbocycles. The number of carbonyl (C=O) groups excluding carboxylic acids is 2. The lowest BCUT2D eigenvalue weighted by Crippen LogP contribution is -2.21. The van der Waals surface area contributed by atoms with E-state index in [4.69, 9.17) is 5.11 Å². The highest BCUT2D eigenvalue weighted by atomic mass is 79.9. The van der Waals surface area contributed by atoms with Crippen LogP contribution in [0.25, 0.3) is 0 Å². The molecule has 4 heteroatoms. The SMILES string of the molecule is O=CCC(O)(Br)C=O. The van der Waals surface area contributed by atoms with Gasteiger partial charge in [0.1, 0.15) is 6.29 Å². The summed E-state index contributed by atoms with van der Waals surface area (Å²) in [6.07, 6.45) is 0.515. The molecule has 0 aliphatic carbocycles. The van der Waals surface area contributed by atoms with Crippen molar-refractivity contribution in [2.24, 2.45) is 0 Å². The predicted octanol–water partition coefficient (Wildman–Crippen LogP) is -0.142. The van der Waals surface area contributed by atoms with Gasteiger partial charge in [-0.2, -0.15) is 0 Å². The lowest BCUT2D eigenvalue weighted by molar-refractivity contribution is -0.120. The number of aldehydes is 2. The first kappa shape index (κ1) is 7.78. The zero-order valence-corrected chi connectivity index (χ0v) is 5.59. The molecule has 0 fully saturated rings. The third kappa shape index (κ3) is 2.87. The van der Waals surface area contributed by atoms with Crippen molar-refractivity contribution in [3.63, 3.8) is 0 Å². The van der Waals surface area contributed by atoms with Crippen molar-refractivity contribution in [1.29, 1.82) is 0 Å². The summed E-state index contributed by atoms with van der Waals surface area (Å²) in [4.78, 5) is 19.4. The molecule has 1 atom stereocenters. The maximum Gasteiger partial charge on any atom is 0.181 e. The van der Waals surface area contributed by atoms with E-state index < -0.39 is 4.51 Å². The third-order valence-corrected chi connectivity index (χ3v) is 1.06. The van der Waals surface area contributed by atoms with E-state index in [-0.39, 0.29) is 12.7 Å². The molecule has 0 saturated heterocycles. The molecule has 0 spiro atoms. The Morgan fingerprint density at radius 3 is 2.25 bits per heavy atom. The van der Waals surface area contributed by atoms with Crippen LogP contribution in [-0.4, -0.2) is 22.2 Å². The maximum absolute atomic E-state index is 9.76. The van der Waals surface area contributed by atoms with Gasteiger partial charge >= 0.3 is 0 Å². The zero-order chi connectivity index (χ0) is 6.62. The highest BCUT2D eigenvalue weighted by Crippen LogP contribution is 2.12. The van der Waals surface area contributed by atoms with Gasteiger partial charge in [0.25, 0.3) is 0 Å². The van der Waals surface area contributed by atoms with Crippen LogP contribution in [0.3, 0.4) is 0 Å². The second-order valence-electron chi connectivity index (χ2n) is 1.31. The predicted molar refractivity (Wildman–Crippen MR) is 30.6 cm³/mol. The molecule has 3 nitrogen and oxygen atoms in total. The first-order chi connectivity index (χ1) is 3.62. The van der Waals surface area contributed by atoms with Gasteiger partial charge in [0.05, 0.1) is 0 Å². The van der Waals surface area contributed by atoms with Gasteiger partial charge in [-0.25, -0.2) is 0 Å².